The van der Waals surface area contributed by atoms with E-state index in [1.165, 1.54) is 11.1 Å². The molecule has 4 nitrogen and oxygen atoms in total. The SMILES string of the molecule is CC(C)(C)OC(=O)[C@H](CCNc1ccccc1)NC1(c2ccccc2)c2ccccc2-c2ccccc21. The van der Waals surface area contributed by atoms with E-state index in [-0.39, 0.29) is 5.97 Å². The third-order valence-corrected chi connectivity index (χ3v) is 6.78. The molecule has 1 aliphatic rings. The lowest BCUT2D eigenvalue weighted by Crippen LogP contribution is -2.53. The maximum atomic E-state index is 13.7. The lowest BCUT2D eigenvalue weighted by Gasteiger charge is -2.38. The van der Waals surface area contributed by atoms with Crippen LogP contribution >= 0.6 is 0 Å². The summed E-state index contributed by atoms with van der Waals surface area (Å²) < 4.78 is 5.94. The number of esters is 1. The molecule has 188 valence electrons. The number of fused-ring (bicyclic) bond motifs is 3. The predicted molar refractivity (Wildman–Crippen MR) is 151 cm³/mol. The number of hydrogen-bond acceptors (Lipinski definition) is 4. The van der Waals surface area contributed by atoms with Crippen LogP contribution < -0.4 is 10.6 Å². The Hall–Kier alpha value is -3.89. The molecule has 0 saturated carbocycles. The highest BCUT2D eigenvalue weighted by Gasteiger charge is 2.46. The molecule has 4 aromatic carbocycles. The van der Waals surface area contributed by atoms with Crippen molar-refractivity contribution in [3.05, 3.63) is 126 Å². The first-order valence-corrected chi connectivity index (χ1v) is 12.9. The molecule has 4 aromatic rings. The molecular weight excluding hydrogens is 456 g/mol. The number of carbonyl (C=O) groups excluding carboxylic acids is 1. The average molecular weight is 491 g/mol. The second kappa shape index (κ2) is 10.2. The molecule has 0 saturated heterocycles. The molecule has 0 fully saturated rings. The molecule has 0 heterocycles. The average Bonchev–Trinajstić information content (AvgIpc) is 3.19. The fraction of sp³-hybridized carbons (Fsp3) is 0.242. The van der Waals surface area contributed by atoms with Crippen molar-refractivity contribution in [2.45, 2.75) is 44.4 Å². The van der Waals surface area contributed by atoms with Gasteiger partial charge in [0.2, 0.25) is 0 Å². The Balaban J connectivity index is 1.58. The summed E-state index contributed by atoms with van der Waals surface area (Å²) in [6.45, 7) is 6.36. The monoisotopic (exact) mass is 490 g/mol. The first kappa shape index (κ1) is 24.8. The van der Waals surface area contributed by atoms with Gasteiger partial charge >= 0.3 is 5.97 Å². The zero-order valence-corrected chi connectivity index (χ0v) is 21.7. The number of rotatable bonds is 8. The van der Waals surface area contributed by atoms with Crippen molar-refractivity contribution in [3.63, 3.8) is 0 Å². The predicted octanol–water partition coefficient (Wildman–Crippen LogP) is 6.76. The summed E-state index contributed by atoms with van der Waals surface area (Å²) in [5, 5.41) is 7.31. The lowest BCUT2D eigenvalue weighted by molar-refractivity contribution is -0.158. The molecule has 5 rings (SSSR count). The van der Waals surface area contributed by atoms with Crippen LogP contribution in [0.2, 0.25) is 0 Å². The van der Waals surface area contributed by atoms with E-state index in [4.69, 9.17) is 4.74 Å². The van der Waals surface area contributed by atoms with Crippen molar-refractivity contribution < 1.29 is 9.53 Å². The smallest absolute Gasteiger partial charge is 0.323 e. The molecule has 0 bridgehead atoms. The van der Waals surface area contributed by atoms with Gasteiger partial charge in [0.1, 0.15) is 11.6 Å². The summed E-state index contributed by atoms with van der Waals surface area (Å²) in [6.07, 6.45) is 0.558. The fourth-order valence-electron chi connectivity index (χ4n) is 5.27. The van der Waals surface area contributed by atoms with Gasteiger partial charge in [-0.3, -0.25) is 10.1 Å². The van der Waals surface area contributed by atoms with Gasteiger partial charge in [-0.2, -0.15) is 0 Å². The van der Waals surface area contributed by atoms with Gasteiger partial charge in [-0.1, -0.05) is 97.1 Å². The third-order valence-electron chi connectivity index (χ3n) is 6.78. The number of ether oxygens (including phenoxy) is 1. The summed E-state index contributed by atoms with van der Waals surface area (Å²) in [5.74, 6) is -0.250. The van der Waals surface area contributed by atoms with E-state index in [0.29, 0.717) is 13.0 Å². The van der Waals surface area contributed by atoms with E-state index in [9.17, 15) is 4.79 Å². The van der Waals surface area contributed by atoms with E-state index in [1.54, 1.807) is 0 Å². The van der Waals surface area contributed by atoms with Crippen molar-refractivity contribution in [2.24, 2.45) is 0 Å². The number of hydrogen-bond donors (Lipinski definition) is 2. The van der Waals surface area contributed by atoms with Crippen molar-refractivity contribution in [1.82, 2.24) is 5.32 Å². The minimum Gasteiger partial charge on any atom is -0.459 e. The number of anilines is 1. The molecular formula is C33H34N2O2. The van der Waals surface area contributed by atoms with E-state index >= 15 is 0 Å². The Morgan fingerprint density at radius 2 is 1.27 bits per heavy atom. The van der Waals surface area contributed by atoms with Gasteiger partial charge in [0.15, 0.2) is 0 Å². The van der Waals surface area contributed by atoms with Crippen LogP contribution in [-0.4, -0.2) is 24.2 Å². The third kappa shape index (κ3) is 5.03. The van der Waals surface area contributed by atoms with Crippen LogP contribution in [-0.2, 0) is 15.1 Å². The van der Waals surface area contributed by atoms with Gasteiger partial charge in [-0.05, 0) is 67.1 Å². The number of para-hydroxylation sites is 1. The highest BCUT2D eigenvalue weighted by molar-refractivity contribution is 5.84. The van der Waals surface area contributed by atoms with Gasteiger partial charge in [0.05, 0.1) is 5.54 Å². The van der Waals surface area contributed by atoms with Crippen LogP contribution in [0.25, 0.3) is 11.1 Å². The van der Waals surface area contributed by atoms with Crippen LogP contribution in [0.5, 0.6) is 0 Å². The molecule has 1 atom stereocenters. The zero-order chi connectivity index (χ0) is 25.9. The Kier molecular flexibility index (Phi) is 6.86. The molecule has 0 spiro atoms. The Bertz CT molecular complexity index is 1310. The zero-order valence-electron chi connectivity index (χ0n) is 21.7. The van der Waals surface area contributed by atoms with Crippen LogP contribution in [0.1, 0.15) is 43.9 Å². The van der Waals surface area contributed by atoms with Crippen molar-refractivity contribution in [2.75, 3.05) is 11.9 Å². The first-order valence-electron chi connectivity index (χ1n) is 12.9. The minimum atomic E-state index is -0.692. The summed E-state index contributed by atoms with van der Waals surface area (Å²) in [4.78, 5) is 13.7. The van der Waals surface area contributed by atoms with Gasteiger partial charge in [0.25, 0.3) is 0 Å². The normalized spacial score (nSPS) is 14.4. The molecule has 2 N–H and O–H groups in total. The summed E-state index contributed by atoms with van der Waals surface area (Å²) in [6, 6.07) is 36.9. The number of carbonyl (C=O) groups is 1. The van der Waals surface area contributed by atoms with E-state index in [2.05, 4.69) is 83.4 Å². The minimum absolute atomic E-state index is 0.250. The highest BCUT2D eigenvalue weighted by atomic mass is 16.6. The maximum absolute atomic E-state index is 13.7. The molecule has 0 aliphatic heterocycles. The maximum Gasteiger partial charge on any atom is 0.323 e. The molecule has 0 unspecified atom stereocenters. The van der Waals surface area contributed by atoms with Gasteiger partial charge in [0, 0.05) is 12.2 Å². The topological polar surface area (TPSA) is 50.4 Å². The number of benzene rings is 4. The van der Waals surface area contributed by atoms with Crippen LogP contribution in [0.3, 0.4) is 0 Å². The second-order valence-corrected chi connectivity index (χ2v) is 10.5. The first-order chi connectivity index (χ1) is 17.9. The van der Waals surface area contributed by atoms with Gasteiger partial charge < -0.3 is 10.1 Å². The highest BCUT2D eigenvalue weighted by Crippen LogP contribution is 2.51. The fourth-order valence-corrected chi connectivity index (χ4v) is 5.27. The molecule has 0 amide bonds. The molecule has 0 radical (unpaired) electrons. The molecule has 4 heteroatoms. The van der Waals surface area contributed by atoms with Crippen LogP contribution in [0.15, 0.2) is 109 Å². The largest absolute Gasteiger partial charge is 0.459 e. The molecule has 1 aliphatic carbocycles. The van der Waals surface area contributed by atoms with Crippen molar-refractivity contribution in [1.29, 1.82) is 0 Å². The Morgan fingerprint density at radius 3 is 1.84 bits per heavy atom. The van der Waals surface area contributed by atoms with E-state index in [0.717, 1.165) is 22.4 Å². The molecule has 0 aromatic heterocycles. The standard InChI is InChI=1S/C33H34N2O2/c1-32(2,3)37-31(36)30(22-23-34-25-16-8-5-9-17-25)35-33(24-14-6-4-7-15-24)28-20-12-10-18-26(28)27-19-11-13-21-29(27)33/h4-21,30,34-35H,22-23H2,1-3H3/t30-/m0/s1. The summed E-state index contributed by atoms with van der Waals surface area (Å²) >= 11 is 0. The second-order valence-electron chi connectivity index (χ2n) is 10.5. The quantitative estimate of drug-likeness (QED) is 0.268. The Labute approximate surface area is 219 Å². The van der Waals surface area contributed by atoms with Crippen molar-refractivity contribution in [3.8, 4) is 11.1 Å². The van der Waals surface area contributed by atoms with Crippen LogP contribution in [0.4, 0.5) is 5.69 Å². The molecule has 37 heavy (non-hydrogen) atoms. The Morgan fingerprint density at radius 1 is 0.757 bits per heavy atom. The van der Waals surface area contributed by atoms with Crippen LogP contribution in [0, 0.1) is 0 Å². The lowest BCUT2D eigenvalue weighted by atomic mass is 9.79. The number of nitrogens with one attached hydrogen (secondary N) is 2. The summed E-state index contributed by atoms with van der Waals surface area (Å²) in [7, 11) is 0. The summed E-state index contributed by atoms with van der Waals surface area (Å²) in [5.41, 5.74) is 5.49. The van der Waals surface area contributed by atoms with Gasteiger partial charge in [-0.25, -0.2) is 0 Å². The van der Waals surface area contributed by atoms with E-state index in [1.807, 2.05) is 57.2 Å². The van der Waals surface area contributed by atoms with E-state index < -0.39 is 17.2 Å². The van der Waals surface area contributed by atoms with Gasteiger partial charge in [-0.15, -0.1) is 0 Å². The van der Waals surface area contributed by atoms with Crippen molar-refractivity contribution >= 4 is 11.7 Å².